The zero-order chi connectivity index (χ0) is 17.8. The van der Waals surface area contributed by atoms with E-state index in [1.165, 1.54) is 53.6 Å². The molecule has 0 radical (unpaired) electrons. The van der Waals surface area contributed by atoms with Gasteiger partial charge in [0.15, 0.2) is 0 Å². The van der Waals surface area contributed by atoms with Crippen LogP contribution in [0.4, 0.5) is 0 Å². The summed E-state index contributed by atoms with van der Waals surface area (Å²) in [5.41, 5.74) is 6.97. The second-order valence-corrected chi connectivity index (χ2v) is 8.77. The van der Waals surface area contributed by atoms with Crippen molar-refractivity contribution in [3.8, 4) is 0 Å². The summed E-state index contributed by atoms with van der Waals surface area (Å²) < 4.78 is 0. The van der Waals surface area contributed by atoms with E-state index in [1.54, 1.807) is 27.6 Å². The minimum absolute atomic E-state index is 0. The Morgan fingerprint density at radius 2 is 1.67 bits per heavy atom. The van der Waals surface area contributed by atoms with Crippen LogP contribution >= 0.6 is 22.7 Å². The Hall–Kier alpha value is -1.39. The molecule has 1 nitrogen and oxygen atoms in total. The highest BCUT2D eigenvalue weighted by atomic mass is 35.5. The summed E-state index contributed by atoms with van der Waals surface area (Å²) in [5, 5.41) is 8.90. The number of benzene rings is 1. The van der Waals surface area contributed by atoms with E-state index in [-0.39, 0.29) is 12.4 Å². The molecule has 3 heterocycles. The van der Waals surface area contributed by atoms with E-state index >= 15 is 0 Å². The molecular formula is C23H26ClNS2. The molecule has 1 aromatic carbocycles. The van der Waals surface area contributed by atoms with Crippen LogP contribution < -0.4 is 17.3 Å². The van der Waals surface area contributed by atoms with Crippen molar-refractivity contribution < 1.29 is 17.3 Å². The average molecular weight is 416 g/mol. The molecule has 2 unspecified atom stereocenters. The van der Waals surface area contributed by atoms with E-state index in [1.807, 2.05) is 0 Å². The van der Waals surface area contributed by atoms with Gasteiger partial charge in [0.1, 0.15) is 6.04 Å². The van der Waals surface area contributed by atoms with Gasteiger partial charge in [0, 0.05) is 12.0 Å². The second kappa shape index (κ2) is 9.70. The van der Waals surface area contributed by atoms with Gasteiger partial charge in [0.05, 0.1) is 13.1 Å². The average Bonchev–Trinajstić information content (AvgIpc) is 3.38. The summed E-state index contributed by atoms with van der Waals surface area (Å²) in [7, 11) is 0. The minimum atomic E-state index is 0. The highest BCUT2D eigenvalue weighted by Gasteiger charge is 2.27. The summed E-state index contributed by atoms with van der Waals surface area (Å²) in [6, 6.07) is 14.3. The topological polar surface area (TPSA) is 4.44 Å². The van der Waals surface area contributed by atoms with E-state index < -0.39 is 0 Å². The van der Waals surface area contributed by atoms with Gasteiger partial charge in [0.25, 0.3) is 0 Å². The second-order valence-electron chi connectivity index (χ2n) is 7.21. The van der Waals surface area contributed by atoms with Gasteiger partial charge < -0.3 is 17.3 Å². The van der Waals surface area contributed by atoms with E-state index in [4.69, 9.17) is 0 Å². The molecule has 27 heavy (non-hydrogen) atoms. The summed E-state index contributed by atoms with van der Waals surface area (Å²) in [5.74, 6) is 0. The quantitative estimate of drug-likeness (QED) is 0.652. The highest BCUT2D eigenvalue weighted by Crippen LogP contribution is 2.27. The van der Waals surface area contributed by atoms with Crippen LogP contribution in [0.3, 0.4) is 0 Å². The molecular weight excluding hydrogens is 390 g/mol. The lowest BCUT2D eigenvalue weighted by molar-refractivity contribution is -0.931. The third kappa shape index (κ3) is 4.91. The standard InChI is InChI=1S/C23H25NS2.ClH/c1-18-5-7-19(8-6-18)23-4-2-3-12-24(23)13-9-22(20-10-14-25-16-20)21-11-15-26-17-21;/h5-11,14-17,23H,2-4,12-13H2,1H3;1H. The summed E-state index contributed by atoms with van der Waals surface area (Å²) in [6.07, 6.45) is 6.48. The van der Waals surface area contributed by atoms with Gasteiger partial charge in [-0.25, -0.2) is 0 Å². The number of thiophene rings is 2. The van der Waals surface area contributed by atoms with Crippen molar-refractivity contribution >= 4 is 28.2 Å². The molecule has 0 bridgehead atoms. The van der Waals surface area contributed by atoms with Gasteiger partial charge in [-0.15, -0.1) is 0 Å². The van der Waals surface area contributed by atoms with Crippen molar-refractivity contribution in [3.63, 3.8) is 0 Å². The fourth-order valence-electron chi connectivity index (χ4n) is 4.00. The van der Waals surface area contributed by atoms with Crippen LogP contribution in [0.1, 0.15) is 47.6 Å². The van der Waals surface area contributed by atoms with E-state index in [2.05, 4.69) is 70.9 Å². The van der Waals surface area contributed by atoms with Crippen molar-refractivity contribution in [1.29, 1.82) is 0 Å². The summed E-state index contributed by atoms with van der Waals surface area (Å²) in [6.45, 7) is 4.54. The maximum Gasteiger partial charge on any atom is 0.113 e. The molecule has 0 spiro atoms. The van der Waals surface area contributed by atoms with Crippen molar-refractivity contribution in [3.05, 3.63) is 86.2 Å². The van der Waals surface area contributed by atoms with E-state index in [9.17, 15) is 0 Å². The van der Waals surface area contributed by atoms with Crippen molar-refractivity contribution in [2.24, 2.45) is 0 Å². The van der Waals surface area contributed by atoms with Crippen molar-refractivity contribution in [2.45, 2.75) is 32.2 Å². The van der Waals surface area contributed by atoms with E-state index in [0.717, 1.165) is 6.54 Å². The highest BCUT2D eigenvalue weighted by molar-refractivity contribution is 7.08. The fourth-order valence-corrected chi connectivity index (χ4v) is 5.31. The molecule has 142 valence electrons. The number of quaternary nitrogens is 1. The Bertz CT molecular complexity index is 799. The Labute approximate surface area is 176 Å². The van der Waals surface area contributed by atoms with Crippen molar-refractivity contribution in [1.82, 2.24) is 0 Å². The molecule has 0 saturated carbocycles. The Morgan fingerprint density at radius 1 is 1.00 bits per heavy atom. The lowest BCUT2D eigenvalue weighted by Gasteiger charge is -2.32. The first kappa shape index (κ1) is 20.3. The van der Waals surface area contributed by atoms with Crippen LogP contribution in [-0.2, 0) is 0 Å². The summed E-state index contributed by atoms with van der Waals surface area (Å²) in [4.78, 5) is 1.71. The van der Waals surface area contributed by atoms with Gasteiger partial charge >= 0.3 is 0 Å². The Kier molecular flexibility index (Phi) is 7.31. The SMILES string of the molecule is Cc1ccc(C2CCCC[NH+]2CC=C(c2ccsc2)c2ccsc2)cc1.[Cl-]. The van der Waals surface area contributed by atoms with Gasteiger partial charge in [-0.3, -0.25) is 0 Å². The van der Waals surface area contributed by atoms with Crippen LogP contribution in [0.2, 0.25) is 0 Å². The molecule has 2 aromatic heterocycles. The number of rotatable bonds is 5. The number of hydrogen-bond acceptors (Lipinski definition) is 2. The van der Waals surface area contributed by atoms with Gasteiger partial charge in [-0.2, -0.15) is 22.7 Å². The molecule has 2 atom stereocenters. The minimum Gasteiger partial charge on any atom is -1.00 e. The Morgan fingerprint density at radius 3 is 2.26 bits per heavy atom. The fraction of sp³-hybridized carbons (Fsp3) is 0.304. The third-order valence-electron chi connectivity index (χ3n) is 5.45. The number of halogens is 1. The molecule has 4 heteroatoms. The molecule has 4 rings (SSSR count). The number of piperidine rings is 1. The first-order valence-corrected chi connectivity index (χ1v) is 11.4. The maximum atomic E-state index is 2.48. The molecule has 0 amide bonds. The normalized spacial score (nSPS) is 19.3. The van der Waals surface area contributed by atoms with Crippen LogP contribution in [0, 0.1) is 6.92 Å². The predicted octanol–water partition coefficient (Wildman–Crippen LogP) is 2.36. The van der Waals surface area contributed by atoms with E-state index in [0.29, 0.717) is 6.04 Å². The van der Waals surface area contributed by atoms with Gasteiger partial charge in [0.2, 0.25) is 0 Å². The molecule has 1 fully saturated rings. The molecule has 0 aliphatic carbocycles. The van der Waals surface area contributed by atoms with Gasteiger partial charge in [-0.05, 0) is 76.2 Å². The molecule has 1 N–H and O–H groups in total. The Balaban J connectivity index is 0.00000210. The van der Waals surface area contributed by atoms with Crippen LogP contribution in [0.25, 0.3) is 5.57 Å². The number of aryl methyl sites for hydroxylation is 1. The van der Waals surface area contributed by atoms with Crippen LogP contribution in [0.15, 0.2) is 64.0 Å². The monoisotopic (exact) mass is 415 g/mol. The first-order chi connectivity index (χ1) is 12.8. The van der Waals surface area contributed by atoms with Crippen molar-refractivity contribution in [2.75, 3.05) is 13.1 Å². The molecule has 1 aliphatic rings. The van der Waals surface area contributed by atoms with Crippen LogP contribution in [-0.4, -0.2) is 13.1 Å². The molecule has 1 aliphatic heterocycles. The van der Waals surface area contributed by atoms with Gasteiger partial charge in [-0.1, -0.05) is 29.8 Å². The lowest BCUT2D eigenvalue weighted by atomic mass is 9.94. The molecule has 3 aromatic rings. The van der Waals surface area contributed by atoms with Crippen LogP contribution in [0.5, 0.6) is 0 Å². The largest absolute Gasteiger partial charge is 1.00 e. The zero-order valence-electron chi connectivity index (χ0n) is 15.7. The lowest BCUT2D eigenvalue weighted by Crippen LogP contribution is -3.12. The third-order valence-corrected chi connectivity index (χ3v) is 6.81. The smallest absolute Gasteiger partial charge is 0.113 e. The number of likely N-dealkylation sites (tertiary alicyclic amines) is 1. The zero-order valence-corrected chi connectivity index (χ0v) is 18.0. The molecule has 1 saturated heterocycles. The summed E-state index contributed by atoms with van der Waals surface area (Å²) >= 11 is 3.56. The number of hydrogen-bond donors (Lipinski definition) is 1. The predicted molar refractivity (Wildman–Crippen MR) is 114 cm³/mol. The number of nitrogens with one attached hydrogen (secondary N) is 1. The maximum absolute atomic E-state index is 2.48. The first-order valence-electron chi connectivity index (χ1n) is 9.48.